The zero-order valence-electron chi connectivity index (χ0n) is 12.1. The summed E-state index contributed by atoms with van der Waals surface area (Å²) in [6, 6.07) is 3.90. The maximum absolute atomic E-state index is 5.62. The maximum atomic E-state index is 5.62. The van der Waals surface area contributed by atoms with Crippen LogP contribution in [0.15, 0.2) is 18.3 Å². The molecule has 0 amide bonds. The van der Waals surface area contributed by atoms with Gasteiger partial charge in [0.15, 0.2) is 0 Å². The van der Waals surface area contributed by atoms with Gasteiger partial charge in [-0.1, -0.05) is 0 Å². The third kappa shape index (κ3) is 2.27. The first-order valence-electron chi connectivity index (χ1n) is 8.16. The summed E-state index contributed by atoms with van der Waals surface area (Å²) in [5.74, 6) is 3.76. The molecule has 0 atom stereocenters. The second kappa shape index (κ2) is 4.64. The van der Waals surface area contributed by atoms with Crippen molar-refractivity contribution in [3.05, 3.63) is 18.3 Å². The van der Waals surface area contributed by atoms with E-state index in [1.807, 2.05) is 18.3 Å². The van der Waals surface area contributed by atoms with Crippen molar-refractivity contribution in [2.75, 3.05) is 17.6 Å². The van der Waals surface area contributed by atoms with Crippen LogP contribution < -0.4 is 11.1 Å². The van der Waals surface area contributed by atoms with Crippen LogP contribution in [0.25, 0.3) is 0 Å². The summed E-state index contributed by atoms with van der Waals surface area (Å²) in [7, 11) is 0. The Labute approximate surface area is 121 Å². The fourth-order valence-corrected chi connectivity index (χ4v) is 5.58. The van der Waals surface area contributed by atoms with Gasteiger partial charge in [0.2, 0.25) is 0 Å². The zero-order chi connectivity index (χ0) is 13.6. The number of nitrogens with one attached hydrogen (secondary N) is 1. The summed E-state index contributed by atoms with van der Waals surface area (Å²) < 4.78 is 0. The van der Waals surface area contributed by atoms with Crippen molar-refractivity contribution < 1.29 is 0 Å². The lowest BCUT2D eigenvalue weighted by atomic mass is 9.49. The molecule has 0 unspecified atom stereocenters. The van der Waals surface area contributed by atoms with Crippen molar-refractivity contribution in [3.63, 3.8) is 0 Å². The van der Waals surface area contributed by atoms with Crippen molar-refractivity contribution in [1.82, 2.24) is 4.98 Å². The van der Waals surface area contributed by atoms with Gasteiger partial charge in [-0.05, 0) is 80.2 Å². The van der Waals surface area contributed by atoms with Crippen molar-refractivity contribution in [1.29, 1.82) is 0 Å². The van der Waals surface area contributed by atoms with Crippen LogP contribution in [0.5, 0.6) is 0 Å². The average Bonchev–Trinajstić information content (AvgIpc) is 2.39. The van der Waals surface area contributed by atoms with Gasteiger partial charge in [-0.3, -0.25) is 0 Å². The van der Waals surface area contributed by atoms with E-state index in [4.69, 9.17) is 5.73 Å². The molecular weight excluding hydrogens is 246 g/mol. The minimum absolute atomic E-state index is 0.594. The molecule has 5 rings (SSSR count). The first kappa shape index (κ1) is 12.5. The lowest BCUT2D eigenvalue weighted by Gasteiger charge is -2.57. The van der Waals surface area contributed by atoms with Gasteiger partial charge in [-0.25, -0.2) is 4.98 Å². The minimum atomic E-state index is 0.594. The summed E-state index contributed by atoms with van der Waals surface area (Å²) in [6.45, 7) is 1.08. The molecule has 4 bridgehead atoms. The highest BCUT2D eigenvalue weighted by Gasteiger charge is 2.50. The molecule has 3 nitrogen and oxygen atoms in total. The largest absolute Gasteiger partial charge is 0.384 e. The number of anilines is 2. The van der Waals surface area contributed by atoms with Crippen molar-refractivity contribution in [2.45, 2.75) is 44.9 Å². The quantitative estimate of drug-likeness (QED) is 0.878. The Morgan fingerprint density at radius 1 is 1.10 bits per heavy atom. The number of nitrogen functional groups attached to an aromatic ring is 1. The van der Waals surface area contributed by atoms with E-state index in [9.17, 15) is 0 Å². The van der Waals surface area contributed by atoms with Gasteiger partial charge in [-0.2, -0.15) is 0 Å². The third-order valence-electron chi connectivity index (χ3n) is 5.94. The van der Waals surface area contributed by atoms with Crippen LogP contribution in [0.4, 0.5) is 11.5 Å². The van der Waals surface area contributed by atoms with Crippen LogP contribution in [0.3, 0.4) is 0 Å². The smallest absolute Gasteiger partial charge is 0.123 e. The lowest BCUT2D eigenvalue weighted by Crippen LogP contribution is -2.46. The number of aromatic nitrogens is 1. The fourth-order valence-electron chi connectivity index (χ4n) is 5.58. The van der Waals surface area contributed by atoms with Crippen LogP contribution in [0.2, 0.25) is 0 Å². The van der Waals surface area contributed by atoms with Gasteiger partial charge in [0, 0.05) is 6.54 Å². The van der Waals surface area contributed by atoms with Crippen LogP contribution in [-0.4, -0.2) is 11.5 Å². The monoisotopic (exact) mass is 271 g/mol. The van der Waals surface area contributed by atoms with Crippen LogP contribution in [0.1, 0.15) is 44.9 Å². The summed E-state index contributed by atoms with van der Waals surface area (Å²) in [4.78, 5) is 4.14. The van der Waals surface area contributed by atoms with E-state index < -0.39 is 0 Å². The molecule has 108 valence electrons. The molecule has 4 aliphatic rings. The third-order valence-corrected chi connectivity index (χ3v) is 5.94. The van der Waals surface area contributed by atoms with Crippen molar-refractivity contribution in [3.8, 4) is 0 Å². The van der Waals surface area contributed by atoms with Gasteiger partial charge < -0.3 is 11.1 Å². The van der Waals surface area contributed by atoms with Gasteiger partial charge in [-0.15, -0.1) is 0 Å². The molecule has 3 heteroatoms. The maximum Gasteiger partial charge on any atom is 0.123 e. The molecule has 20 heavy (non-hydrogen) atoms. The van der Waals surface area contributed by atoms with E-state index in [1.165, 1.54) is 44.9 Å². The molecule has 0 aromatic carbocycles. The van der Waals surface area contributed by atoms with Gasteiger partial charge >= 0.3 is 0 Å². The number of nitrogens with two attached hydrogens (primary N) is 1. The Hall–Kier alpha value is -1.25. The van der Waals surface area contributed by atoms with Crippen LogP contribution in [-0.2, 0) is 0 Å². The van der Waals surface area contributed by atoms with Gasteiger partial charge in [0.1, 0.15) is 5.82 Å². The topological polar surface area (TPSA) is 50.9 Å². The van der Waals surface area contributed by atoms with Gasteiger partial charge in [0.05, 0.1) is 11.9 Å². The molecule has 4 saturated carbocycles. The normalized spacial score (nSPS) is 38.1. The first-order chi connectivity index (χ1) is 9.71. The molecule has 0 spiro atoms. The molecule has 0 radical (unpaired) electrons. The Balaban J connectivity index is 1.36. The summed E-state index contributed by atoms with van der Waals surface area (Å²) in [6.07, 6.45) is 12.3. The highest BCUT2D eigenvalue weighted by atomic mass is 14.9. The highest BCUT2D eigenvalue weighted by molar-refractivity contribution is 5.45. The highest BCUT2D eigenvalue weighted by Crippen LogP contribution is 2.61. The number of pyridine rings is 1. The molecule has 4 aliphatic carbocycles. The second-order valence-corrected chi connectivity index (χ2v) is 7.57. The predicted octanol–water partition coefficient (Wildman–Crippen LogP) is 3.68. The number of nitrogens with zero attached hydrogens (tertiary/aromatic N) is 1. The first-order valence-corrected chi connectivity index (χ1v) is 8.16. The number of hydrogen-bond donors (Lipinski definition) is 2. The average molecular weight is 271 g/mol. The van der Waals surface area contributed by atoms with Gasteiger partial charge in [0.25, 0.3) is 0 Å². The Morgan fingerprint density at radius 2 is 1.75 bits per heavy atom. The molecule has 1 aromatic rings. The number of rotatable bonds is 4. The van der Waals surface area contributed by atoms with Crippen LogP contribution in [0, 0.1) is 23.2 Å². The SMILES string of the molecule is Nc1ccc(NCCC23CC4CC(CC(C4)C2)C3)cn1. The Bertz CT molecular complexity index is 444. The summed E-state index contributed by atoms with van der Waals surface area (Å²) in [5.41, 5.74) is 7.39. The van der Waals surface area contributed by atoms with E-state index in [1.54, 1.807) is 0 Å². The molecule has 1 aromatic heterocycles. The van der Waals surface area contributed by atoms with Crippen LogP contribution >= 0.6 is 0 Å². The predicted molar refractivity (Wildman–Crippen MR) is 82.4 cm³/mol. The molecule has 0 aliphatic heterocycles. The van der Waals surface area contributed by atoms with E-state index in [0.717, 1.165) is 30.0 Å². The summed E-state index contributed by atoms with van der Waals surface area (Å²) in [5, 5.41) is 3.53. The fraction of sp³-hybridized carbons (Fsp3) is 0.706. The lowest BCUT2D eigenvalue weighted by molar-refractivity contribution is -0.0552. The molecule has 3 N–H and O–H groups in total. The molecule has 4 fully saturated rings. The van der Waals surface area contributed by atoms with E-state index in [-0.39, 0.29) is 0 Å². The van der Waals surface area contributed by atoms with E-state index in [0.29, 0.717) is 11.2 Å². The molecular formula is C17H25N3. The van der Waals surface area contributed by atoms with E-state index in [2.05, 4.69) is 10.3 Å². The Kier molecular flexibility index (Phi) is 2.90. The van der Waals surface area contributed by atoms with E-state index >= 15 is 0 Å². The minimum Gasteiger partial charge on any atom is -0.384 e. The van der Waals surface area contributed by atoms with Crippen molar-refractivity contribution in [2.24, 2.45) is 23.2 Å². The standard InChI is InChI=1S/C17H25N3/c18-16-2-1-15(11-20-16)19-4-3-17-8-12-5-13(9-17)7-14(6-12)10-17/h1-2,11-14,19H,3-10H2,(H2,18,20). The second-order valence-electron chi connectivity index (χ2n) is 7.57. The van der Waals surface area contributed by atoms with Crippen molar-refractivity contribution >= 4 is 11.5 Å². The molecule has 1 heterocycles. The summed E-state index contributed by atoms with van der Waals surface area (Å²) >= 11 is 0. The Morgan fingerprint density at radius 3 is 2.30 bits per heavy atom. The number of hydrogen-bond acceptors (Lipinski definition) is 3. The molecule has 0 saturated heterocycles. The zero-order valence-corrected chi connectivity index (χ0v) is 12.1.